The van der Waals surface area contributed by atoms with E-state index in [2.05, 4.69) is 20.4 Å². The molecule has 0 radical (unpaired) electrons. The molecule has 4 heterocycles. The summed E-state index contributed by atoms with van der Waals surface area (Å²) in [6.07, 6.45) is 10.6. The summed E-state index contributed by atoms with van der Waals surface area (Å²) in [7, 11) is 0. The van der Waals surface area contributed by atoms with Gasteiger partial charge in [0.05, 0.1) is 15.6 Å². The number of carboxylic acid groups (broad SMARTS) is 1. The molecule has 3 aromatic rings. The quantitative estimate of drug-likeness (QED) is 0.348. The second-order valence-corrected chi connectivity index (χ2v) is 12.1. The van der Waals surface area contributed by atoms with Crippen LogP contribution in [0.2, 0.25) is 10.0 Å². The SMILES string of the molecule is O=C(O)c1ccc(N2C3CCC2CC2(CC(Nc4c(-c5c(Cl)cccc5Cl)noc4C4CC4)C2)C3)nc1. The van der Waals surface area contributed by atoms with E-state index in [0.29, 0.717) is 45.2 Å². The molecule has 1 aromatic carbocycles. The smallest absolute Gasteiger partial charge is 0.337 e. The van der Waals surface area contributed by atoms with Gasteiger partial charge in [-0.05, 0) is 81.0 Å². The summed E-state index contributed by atoms with van der Waals surface area (Å²) < 4.78 is 5.84. The Morgan fingerprint density at radius 2 is 1.73 bits per heavy atom. The van der Waals surface area contributed by atoms with Crippen molar-refractivity contribution in [2.24, 2.45) is 5.41 Å². The van der Waals surface area contributed by atoms with Crippen LogP contribution in [0.15, 0.2) is 41.1 Å². The Morgan fingerprint density at radius 3 is 2.32 bits per heavy atom. The van der Waals surface area contributed by atoms with Gasteiger partial charge in [-0.2, -0.15) is 0 Å². The number of fused-ring (bicyclic) bond motifs is 2. The van der Waals surface area contributed by atoms with Crippen LogP contribution in [0.4, 0.5) is 11.5 Å². The lowest BCUT2D eigenvalue weighted by atomic mass is 9.58. The number of nitrogens with zero attached hydrogens (tertiary/aromatic N) is 3. The molecule has 2 bridgehead atoms. The van der Waals surface area contributed by atoms with Crippen molar-refractivity contribution in [2.75, 3.05) is 10.2 Å². The lowest BCUT2D eigenvalue weighted by Gasteiger charge is -2.55. The first-order valence-corrected chi connectivity index (χ1v) is 13.8. The molecule has 2 N–H and O–H groups in total. The van der Waals surface area contributed by atoms with Crippen molar-refractivity contribution in [2.45, 2.75) is 75.4 Å². The van der Waals surface area contributed by atoms with E-state index in [1.54, 1.807) is 6.07 Å². The largest absolute Gasteiger partial charge is 0.478 e. The number of pyridine rings is 1. The van der Waals surface area contributed by atoms with E-state index in [1.807, 2.05) is 24.3 Å². The highest BCUT2D eigenvalue weighted by Crippen LogP contribution is 2.58. The number of rotatable bonds is 6. The number of nitrogens with one attached hydrogen (secondary N) is 1. The standard InChI is InChI=1S/C28H28Cl2N4O3/c29-20-2-1-3-21(30)23(20)24-25(26(37-33-24)15-4-5-15)32-17-10-28(11-17)12-18-7-8-19(13-28)34(18)22-9-6-16(14-31-22)27(35)36/h1-3,6,9,14-15,17-19,32H,4-5,7-8,10-13H2,(H,35,36). The van der Waals surface area contributed by atoms with Gasteiger partial charge in [0, 0.05) is 35.8 Å². The molecule has 7 rings (SSSR count). The fraction of sp³-hybridized carbons (Fsp3) is 0.464. The Balaban J connectivity index is 1.08. The summed E-state index contributed by atoms with van der Waals surface area (Å²) >= 11 is 13.1. The molecular weight excluding hydrogens is 511 g/mol. The zero-order valence-corrected chi connectivity index (χ0v) is 21.8. The van der Waals surface area contributed by atoms with E-state index in [9.17, 15) is 9.90 Å². The zero-order chi connectivity index (χ0) is 25.3. The average Bonchev–Trinajstić information content (AvgIpc) is 3.56. The summed E-state index contributed by atoms with van der Waals surface area (Å²) in [5.41, 5.74) is 2.96. The third-order valence-electron chi connectivity index (χ3n) is 8.79. The molecule has 2 atom stereocenters. The molecule has 1 spiro atoms. The zero-order valence-electron chi connectivity index (χ0n) is 20.3. The lowest BCUT2D eigenvalue weighted by molar-refractivity contribution is 0.0594. The van der Waals surface area contributed by atoms with Crippen LogP contribution in [0.3, 0.4) is 0 Å². The molecule has 0 amide bonds. The van der Waals surface area contributed by atoms with Gasteiger partial charge in [0.1, 0.15) is 17.2 Å². The molecule has 2 aliphatic heterocycles. The third-order valence-corrected chi connectivity index (χ3v) is 9.42. The summed E-state index contributed by atoms with van der Waals surface area (Å²) in [4.78, 5) is 18.2. The molecule has 37 heavy (non-hydrogen) atoms. The maximum absolute atomic E-state index is 11.2. The van der Waals surface area contributed by atoms with Gasteiger partial charge >= 0.3 is 5.97 Å². The van der Waals surface area contributed by atoms with E-state index in [0.717, 1.165) is 61.4 Å². The van der Waals surface area contributed by atoms with Crippen LogP contribution < -0.4 is 10.2 Å². The fourth-order valence-corrected chi connectivity index (χ4v) is 7.65. The van der Waals surface area contributed by atoms with Gasteiger partial charge in [0.25, 0.3) is 0 Å². The van der Waals surface area contributed by atoms with E-state index in [4.69, 9.17) is 27.7 Å². The normalized spacial score (nSPS) is 28.4. The van der Waals surface area contributed by atoms with Gasteiger partial charge in [0.2, 0.25) is 0 Å². The molecular formula is C28H28Cl2N4O3. The first-order valence-electron chi connectivity index (χ1n) is 13.1. The highest BCUT2D eigenvalue weighted by molar-refractivity contribution is 6.39. The van der Waals surface area contributed by atoms with Crippen LogP contribution in [0.1, 0.15) is 73.4 Å². The van der Waals surface area contributed by atoms with Crippen molar-refractivity contribution in [3.05, 3.63) is 57.9 Å². The first-order chi connectivity index (χ1) is 17.9. The van der Waals surface area contributed by atoms with Crippen molar-refractivity contribution in [3.8, 4) is 11.3 Å². The lowest BCUT2D eigenvalue weighted by Crippen LogP contribution is -2.55. The number of piperidine rings is 1. The molecule has 4 aliphatic rings. The first kappa shape index (κ1) is 23.4. The Morgan fingerprint density at radius 1 is 1.03 bits per heavy atom. The van der Waals surface area contributed by atoms with Gasteiger partial charge in [-0.15, -0.1) is 0 Å². The highest BCUT2D eigenvalue weighted by atomic mass is 35.5. The summed E-state index contributed by atoms with van der Waals surface area (Å²) in [6, 6.07) is 10.3. The van der Waals surface area contributed by atoms with Gasteiger partial charge < -0.3 is 19.8 Å². The number of benzene rings is 1. The Bertz CT molecular complexity index is 1330. The van der Waals surface area contributed by atoms with Gasteiger partial charge in [-0.1, -0.05) is 34.4 Å². The van der Waals surface area contributed by atoms with Gasteiger partial charge in [0.15, 0.2) is 5.76 Å². The van der Waals surface area contributed by atoms with Crippen molar-refractivity contribution >= 4 is 40.7 Å². The monoisotopic (exact) mass is 538 g/mol. The number of carboxylic acids is 1. The molecule has 2 saturated heterocycles. The van der Waals surface area contributed by atoms with Crippen LogP contribution in [-0.2, 0) is 0 Å². The van der Waals surface area contributed by atoms with E-state index in [-0.39, 0.29) is 5.56 Å². The summed E-state index contributed by atoms with van der Waals surface area (Å²) in [6.45, 7) is 0. The maximum Gasteiger partial charge on any atom is 0.337 e. The second-order valence-electron chi connectivity index (χ2n) is 11.3. The van der Waals surface area contributed by atoms with Crippen LogP contribution in [0, 0.1) is 5.41 Å². The molecule has 4 fully saturated rings. The molecule has 7 nitrogen and oxygen atoms in total. The second kappa shape index (κ2) is 8.63. The molecule has 2 saturated carbocycles. The van der Waals surface area contributed by atoms with E-state index < -0.39 is 5.97 Å². The number of halogens is 2. The topological polar surface area (TPSA) is 91.5 Å². The van der Waals surface area contributed by atoms with Crippen molar-refractivity contribution in [3.63, 3.8) is 0 Å². The van der Waals surface area contributed by atoms with Crippen molar-refractivity contribution in [1.29, 1.82) is 0 Å². The molecule has 2 unspecified atom stereocenters. The summed E-state index contributed by atoms with van der Waals surface area (Å²) in [5.74, 6) is 1.31. The molecule has 2 aromatic heterocycles. The van der Waals surface area contributed by atoms with Gasteiger partial charge in [-0.25, -0.2) is 9.78 Å². The van der Waals surface area contributed by atoms with Crippen molar-refractivity contribution < 1.29 is 14.4 Å². The minimum Gasteiger partial charge on any atom is -0.478 e. The van der Waals surface area contributed by atoms with Crippen LogP contribution in [0.5, 0.6) is 0 Å². The Kier molecular flexibility index (Phi) is 5.45. The van der Waals surface area contributed by atoms with Crippen molar-refractivity contribution in [1.82, 2.24) is 10.1 Å². The Hall–Kier alpha value is -2.77. The van der Waals surface area contributed by atoms with Crippen LogP contribution in [0.25, 0.3) is 11.3 Å². The predicted molar refractivity (Wildman–Crippen MR) is 143 cm³/mol. The number of aromatic carboxylic acids is 1. The minimum atomic E-state index is -0.940. The fourth-order valence-electron chi connectivity index (χ4n) is 7.07. The van der Waals surface area contributed by atoms with E-state index >= 15 is 0 Å². The van der Waals surface area contributed by atoms with Crippen LogP contribution >= 0.6 is 23.2 Å². The molecule has 2 aliphatic carbocycles. The highest BCUT2D eigenvalue weighted by Gasteiger charge is 2.54. The number of anilines is 2. The van der Waals surface area contributed by atoms with E-state index in [1.165, 1.54) is 19.0 Å². The number of aromatic nitrogens is 2. The third kappa shape index (κ3) is 3.98. The average molecular weight is 539 g/mol. The predicted octanol–water partition coefficient (Wildman–Crippen LogP) is 7.01. The number of hydrogen-bond acceptors (Lipinski definition) is 6. The maximum atomic E-state index is 11.2. The molecule has 9 heteroatoms. The Labute approximate surface area is 225 Å². The number of hydrogen-bond donors (Lipinski definition) is 2. The summed E-state index contributed by atoms with van der Waals surface area (Å²) in [5, 5.41) is 18.6. The molecule has 192 valence electrons. The van der Waals surface area contributed by atoms with Crippen LogP contribution in [-0.4, -0.2) is 39.3 Å². The minimum absolute atomic E-state index is 0.231. The number of carbonyl (C=O) groups is 1. The van der Waals surface area contributed by atoms with Gasteiger partial charge in [-0.3, -0.25) is 0 Å².